The molecular formula is C23H34N2O4. The molecular weight excluding hydrogens is 368 g/mol. The summed E-state index contributed by atoms with van der Waals surface area (Å²) in [4.78, 5) is 37.4. The summed E-state index contributed by atoms with van der Waals surface area (Å²) in [5, 5.41) is 2.72. The van der Waals surface area contributed by atoms with Gasteiger partial charge in [0.25, 0.3) is 11.5 Å². The SMILES string of the molecule is COC(=O)CCNC(=O)c1cc2c(n(CC3CCCCC3)c1=O)CCCCCC2. The summed E-state index contributed by atoms with van der Waals surface area (Å²) in [5.74, 6) is -0.243. The second kappa shape index (κ2) is 10.6. The Labute approximate surface area is 173 Å². The molecule has 0 saturated heterocycles. The number of nitrogens with zero attached hydrogens (tertiary/aromatic N) is 1. The number of esters is 1. The van der Waals surface area contributed by atoms with Crippen molar-refractivity contribution in [2.75, 3.05) is 13.7 Å². The van der Waals surface area contributed by atoms with Crippen molar-refractivity contribution in [3.63, 3.8) is 0 Å². The number of pyridine rings is 1. The number of fused-ring (bicyclic) bond motifs is 1. The number of nitrogens with one attached hydrogen (secondary N) is 1. The number of carbonyl (C=O) groups excluding carboxylic acids is 2. The first kappa shape index (κ1) is 21.6. The van der Waals surface area contributed by atoms with Crippen molar-refractivity contribution < 1.29 is 14.3 Å². The molecule has 1 heterocycles. The predicted octanol–water partition coefficient (Wildman–Crippen LogP) is 3.38. The Bertz CT molecular complexity index is 778. The molecule has 2 aliphatic carbocycles. The lowest BCUT2D eigenvalue weighted by atomic mass is 9.88. The standard InChI is InChI=1S/C23H34N2O4/c1-29-21(26)13-14-24-22(27)19-15-18-11-7-2-3-8-12-20(18)25(23(19)28)16-17-9-5-4-6-10-17/h15,17H,2-14,16H2,1H3,(H,24,27). The molecule has 0 bridgehead atoms. The molecule has 0 radical (unpaired) electrons. The van der Waals surface area contributed by atoms with E-state index in [-0.39, 0.29) is 36.0 Å². The highest BCUT2D eigenvalue weighted by molar-refractivity contribution is 5.94. The lowest BCUT2D eigenvalue weighted by molar-refractivity contribution is -0.140. The molecule has 1 aromatic heterocycles. The summed E-state index contributed by atoms with van der Waals surface area (Å²) in [5.41, 5.74) is 2.33. The summed E-state index contributed by atoms with van der Waals surface area (Å²) < 4.78 is 6.53. The van der Waals surface area contributed by atoms with Crippen LogP contribution in [-0.2, 0) is 28.9 Å². The van der Waals surface area contributed by atoms with Gasteiger partial charge in [-0.1, -0.05) is 32.1 Å². The smallest absolute Gasteiger partial charge is 0.307 e. The van der Waals surface area contributed by atoms with Gasteiger partial charge in [-0.2, -0.15) is 0 Å². The average Bonchev–Trinajstić information content (AvgIpc) is 2.71. The van der Waals surface area contributed by atoms with Crippen molar-refractivity contribution in [3.8, 4) is 0 Å². The van der Waals surface area contributed by atoms with Crippen LogP contribution in [0.1, 0.15) is 85.8 Å². The second-order valence-electron chi connectivity index (χ2n) is 8.45. The van der Waals surface area contributed by atoms with Crippen LogP contribution < -0.4 is 10.9 Å². The van der Waals surface area contributed by atoms with Gasteiger partial charge in [-0.25, -0.2) is 0 Å². The van der Waals surface area contributed by atoms with Gasteiger partial charge < -0.3 is 14.6 Å². The zero-order valence-electron chi connectivity index (χ0n) is 17.6. The summed E-state index contributed by atoms with van der Waals surface area (Å²) >= 11 is 0. The van der Waals surface area contributed by atoms with Crippen molar-refractivity contribution >= 4 is 11.9 Å². The minimum absolute atomic E-state index is 0.101. The fourth-order valence-electron chi connectivity index (χ4n) is 4.69. The van der Waals surface area contributed by atoms with Gasteiger partial charge >= 0.3 is 5.97 Å². The first-order valence-electron chi connectivity index (χ1n) is 11.2. The summed E-state index contributed by atoms with van der Waals surface area (Å²) in [6.07, 6.45) is 12.6. The highest BCUT2D eigenvalue weighted by Gasteiger charge is 2.23. The van der Waals surface area contributed by atoms with Gasteiger partial charge in [-0.3, -0.25) is 14.4 Å². The van der Waals surface area contributed by atoms with E-state index in [1.54, 1.807) is 0 Å². The molecule has 3 rings (SSSR count). The van der Waals surface area contributed by atoms with Crippen LogP contribution in [0.3, 0.4) is 0 Å². The fraction of sp³-hybridized carbons (Fsp3) is 0.696. The highest BCUT2D eigenvalue weighted by atomic mass is 16.5. The van der Waals surface area contributed by atoms with Gasteiger partial charge in [0.05, 0.1) is 13.5 Å². The zero-order valence-corrected chi connectivity index (χ0v) is 17.6. The Hall–Kier alpha value is -2.11. The maximum Gasteiger partial charge on any atom is 0.307 e. The lowest BCUT2D eigenvalue weighted by Gasteiger charge is -2.26. The summed E-state index contributed by atoms with van der Waals surface area (Å²) in [7, 11) is 1.32. The van der Waals surface area contributed by atoms with Crippen LogP contribution in [0.5, 0.6) is 0 Å². The molecule has 1 fully saturated rings. The summed E-state index contributed by atoms with van der Waals surface area (Å²) in [6.45, 7) is 0.898. The summed E-state index contributed by atoms with van der Waals surface area (Å²) in [6, 6.07) is 1.81. The molecule has 0 aliphatic heterocycles. The predicted molar refractivity (Wildman–Crippen MR) is 112 cm³/mol. The normalized spacial score (nSPS) is 17.7. The van der Waals surface area contributed by atoms with Crippen molar-refractivity contribution in [2.45, 2.75) is 83.6 Å². The van der Waals surface area contributed by atoms with Crippen molar-refractivity contribution in [3.05, 3.63) is 33.2 Å². The average molecular weight is 403 g/mol. The van der Waals surface area contributed by atoms with Crippen LogP contribution in [0.4, 0.5) is 0 Å². The Morgan fingerprint density at radius 3 is 2.48 bits per heavy atom. The van der Waals surface area contributed by atoms with Crippen LogP contribution in [0, 0.1) is 5.92 Å². The second-order valence-corrected chi connectivity index (χ2v) is 8.45. The number of ether oxygens (including phenoxy) is 1. The Kier molecular flexibility index (Phi) is 7.90. The number of hydrogen-bond donors (Lipinski definition) is 1. The van der Waals surface area contributed by atoms with Crippen molar-refractivity contribution in [2.24, 2.45) is 5.92 Å². The number of amides is 1. The molecule has 1 aromatic rings. The number of rotatable bonds is 6. The molecule has 0 atom stereocenters. The van der Waals surface area contributed by atoms with Crippen LogP contribution in [0.25, 0.3) is 0 Å². The van der Waals surface area contributed by atoms with E-state index in [2.05, 4.69) is 10.1 Å². The number of methoxy groups -OCH3 is 1. The molecule has 0 aromatic carbocycles. The van der Waals surface area contributed by atoms with E-state index in [1.807, 2.05) is 10.6 Å². The van der Waals surface area contributed by atoms with Crippen molar-refractivity contribution in [1.29, 1.82) is 0 Å². The molecule has 0 spiro atoms. The highest BCUT2D eigenvalue weighted by Crippen LogP contribution is 2.27. The van der Waals surface area contributed by atoms with Gasteiger partial charge in [0.1, 0.15) is 5.56 Å². The van der Waals surface area contributed by atoms with Gasteiger partial charge in [-0.05, 0) is 56.1 Å². The van der Waals surface area contributed by atoms with Crippen LogP contribution in [-0.4, -0.2) is 30.1 Å². The van der Waals surface area contributed by atoms with E-state index < -0.39 is 0 Å². The Balaban J connectivity index is 1.88. The lowest BCUT2D eigenvalue weighted by Crippen LogP contribution is -2.37. The van der Waals surface area contributed by atoms with Gasteiger partial charge in [0.2, 0.25) is 0 Å². The number of aromatic nitrogens is 1. The molecule has 1 amide bonds. The van der Waals surface area contributed by atoms with E-state index in [9.17, 15) is 14.4 Å². The Morgan fingerprint density at radius 1 is 1.07 bits per heavy atom. The van der Waals surface area contributed by atoms with E-state index in [0.717, 1.165) is 56.3 Å². The van der Waals surface area contributed by atoms with Gasteiger partial charge in [-0.15, -0.1) is 0 Å². The minimum Gasteiger partial charge on any atom is -0.469 e. The molecule has 0 unspecified atom stereocenters. The molecule has 2 aliphatic rings. The van der Waals surface area contributed by atoms with E-state index in [4.69, 9.17) is 0 Å². The van der Waals surface area contributed by atoms with E-state index in [0.29, 0.717) is 5.92 Å². The Morgan fingerprint density at radius 2 is 1.76 bits per heavy atom. The first-order valence-corrected chi connectivity index (χ1v) is 11.2. The van der Waals surface area contributed by atoms with Crippen molar-refractivity contribution in [1.82, 2.24) is 9.88 Å². The third-order valence-electron chi connectivity index (χ3n) is 6.35. The maximum absolute atomic E-state index is 13.3. The van der Waals surface area contributed by atoms with Crippen LogP contribution in [0.2, 0.25) is 0 Å². The molecule has 1 saturated carbocycles. The number of carbonyl (C=O) groups is 2. The first-order chi connectivity index (χ1) is 14.1. The fourth-order valence-corrected chi connectivity index (χ4v) is 4.69. The molecule has 160 valence electrons. The van der Waals surface area contributed by atoms with Crippen LogP contribution in [0.15, 0.2) is 10.9 Å². The largest absolute Gasteiger partial charge is 0.469 e. The topological polar surface area (TPSA) is 77.4 Å². The van der Waals surface area contributed by atoms with E-state index in [1.165, 1.54) is 39.2 Å². The number of aryl methyl sites for hydroxylation is 1. The molecule has 29 heavy (non-hydrogen) atoms. The van der Waals surface area contributed by atoms with Gasteiger partial charge in [0.15, 0.2) is 0 Å². The third kappa shape index (κ3) is 5.71. The quantitative estimate of drug-likeness (QED) is 0.740. The molecule has 6 nitrogen and oxygen atoms in total. The minimum atomic E-state index is -0.388. The van der Waals surface area contributed by atoms with Gasteiger partial charge in [0, 0.05) is 18.8 Å². The molecule has 6 heteroatoms. The zero-order chi connectivity index (χ0) is 20.6. The third-order valence-corrected chi connectivity index (χ3v) is 6.35. The monoisotopic (exact) mass is 402 g/mol. The molecule has 1 N–H and O–H groups in total. The number of hydrogen-bond acceptors (Lipinski definition) is 4. The van der Waals surface area contributed by atoms with Crippen LogP contribution >= 0.6 is 0 Å². The maximum atomic E-state index is 13.3. The van der Waals surface area contributed by atoms with E-state index >= 15 is 0 Å².